The van der Waals surface area contributed by atoms with Crippen LogP contribution >= 0.6 is 0 Å². The van der Waals surface area contributed by atoms with Crippen LogP contribution in [0.4, 0.5) is 17.1 Å². The van der Waals surface area contributed by atoms with Crippen LogP contribution in [0.2, 0.25) is 0 Å². The molecule has 17 rings (SSSR count). The molecule has 0 saturated heterocycles. The fraction of sp³-hybridized carbons (Fsp3) is 0.488. The second-order valence-electron chi connectivity index (χ2n) is 41.7. The van der Waals surface area contributed by atoms with Gasteiger partial charge in [0.05, 0.1) is 5.69 Å². The van der Waals surface area contributed by atoms with Crippen LogP contribution in [0.5, 0.6) is 0 Å². The fourth-order valence-corrected chi connectivity index (χ4v) is 26.3. The van der Waals surface area contributed by atoms with E-state index in [1.54, 1.807) is 38.9 Å². The Morgan fingerprint density at radius 1 is 0.212 bits per heavy atom. The first-order valence-electron chi connectivity index (χ1n) is 54.8. The minimum absolute atomic E-state index is 0.143. The lowest BCUT2D eigenvalue weighted by atomic mass is 9.62. The van der Waals surface area contributed by atoms with Crippen molar-refractivity contribution >= 4 is 60.9 Å². The van der Waals surface area contributed by atoms with E-state index < -0.39 is 0 Å². The highest BCUT2D eigenvalue weighted by Gasteiger charge is 2.55. The van der Waals surface area contributed by atoms with Gasteiger partial charge in [0.15, 0.2) is 0 Å². The molecule has 0 radical (unpaired) electrons. The van der Waals surface area contributed by atoms with Crippen LogP contribution < -0.4 is 4.90 Å². The summed E-state index contributed by atoms with van der Waals surface area (Å²) in [6.07, 6.45) is 63.5. The average Bonchev–Trinajstić information content (AvgIpc) is 1.48. The van der Waals surface area contributed by atoms with Crippen molar-refractivity contribution in [3.8, 4) is 66.8 Å². The van der Waals surface area contributed by atoms with Gasteiger partial charge in [0.25, 0.3) is 0 Å². The number of anilines is 3. The Labute approximate surface area is 797 Å². The van der Waals surface area contributed by atoms with Gasteiger partial charge >= 0.3 is 0 Å². The first-order valence-corrected chi connectivity index (χ1v) is 54.8. The van der Waals surface area contributed by atoms with Crippen LogP contribution in [0.1, 0.15) is 427 Å². The van der Waals surface area contributed by atoms with Gasteiger partial charge in [-0.2, -0.15) is 0 Å². The molecule has 4 aliphatic carbocycles. The van der Waals surface area contributed by atoms with Gasteiger partial charge in [-0.15, -0.1) is 0 Å². The Kier molecular flexibility index (Phi) is 32.2. The van der Waals surface area contributed by atoms with E-state index in [2.05, 4.69) is 273 Å². The maximum atomic E-state index is 7.88. The van der Waals surface area contributed by atoms with Gasteiger partial charge in [-0.1, -0.05) is 489 Å². The van der Waals surface area contributed by atoms with Crippen molar-refractivity contribution in [3.05, 3.63) is 257 Å². The zero-order valence-electron chi connectivity index (χ0n) is 83.0. The summed E-state index contributed by atoms with van der Waals surface area (Å²) in [6, 6.07) is 86.0. The van der Waals surface area contributed by atoms with E-state index >= 15 is 0 Å². The average molecular weight is 1760 g/mol. The maximum absolute atomic E-state index is 7.88. The second kappa shape index (κ2) is 45.0. The first kappa shape index (κ1) is 94.6. The summed E-state index contributed by atoms with van der Waals surface area (Å²) in [5, 5.41) is 5.21. The van der Waals surface area contributed by atoms with E-state index in [9.17, 15) is 0 Å². The van der Waals surface area contributed by atoms with Crippen LogP contribution in [0, 0.1) is 0 Å². The van der Waals surface area contributed by atoms with Gasteiger partial charge in [-0.25, -0.2) is 0 Å². The highest BCUT2D eigenvalue weighted by atomic mass is 16.3. The molecule has 0 amide bonds. The maximum Gasteiger partial charge on any atom is 0.144 e. The largest absolute Gasteiger partial charge is 0.456 e. The monoisotopic (exact) mass is 1760 g/mol. The van der Waals surface area contributed by atoms with Crippen molar-refractivity contribution in [1.82, 2.24) is 0 Å². The van der Waals surface area contributed by atoms with E-state index in [0.717, 1.165) is 48.0 Å². The normalized spacial score (nSPS) is 15.1. The molecule has 2 heterocycles. The summed E-state index contributed by atoms with van der Waals surface area (Å²) in [4.78, 5) is 2.87. The van der Waals surface area contributed by atoms with Gasteiger partial charge in [0.2, 0.25) is 0 Å². The number of fused-ring (bicyclic) bond motifs is 22. The Balaban J connectivity index is 0.958. The molecule has 13 aromatic rings. The lowest BCUT2D eigenvalue weighted by molar-refractivity contribution is 0.369. The van der Waals surface area contributed by atoms with E-state index in [1.165, 1.54) is 413 Å². The summed E-state index contributed by atoms with van der Waals surface area (Å²) in [5.74, 6) is 0. The predicted octanol–water partition coefficient (Wildman–Crippen LogP) is 41.4. The third-order valence-electron chi connectivity index (χ3n) is 33.0. The number of rotatable bonds is 56. The molecule has 4 aliphatic rings. The summed E-state index contributed by atoms with van der Waals surface area (Å²) in [5.41, 5.74) is 36.4. The Bertz CT molecular complexity index is 5840. The summed E-state index contributed by atoms with van der Waals surface area (Å²) < 4.78 is 15.0. The predicted molar refractivity (Wildman–Crippen MR) is 572 cm³/mol. The zero-order chi connectivity index (χ0) is 90.7. The topological polar surface area (TPSA) is 29.5 Å². The Hall–Kier alpha value is -9.18. The van der Waals surface area contributed by atoms with Crippen molar-refractivity contribution < 1.29 is 8.83 Å². The molecule has 0 spiro atoms. The van der Waals surface area contributed by atoms with Crippen LogP contribution in [0.15, 0.2) is 221 Å². The van der Waals surface area contributed by atoms with Crippen LogP contribution in [-0.2, 0) is 21.7 Å². The lowest BCUT2D eigenvalue weighted by Gasteiger charge is -2.40. The highest BCUT2D eigenvalue weighted by molar-refractivity contribution is 6.21. The fourth-order valence-electron chi connectivity index (χ4n) is 26.3. The molecule has 132 heavy (non-hydrogen) atoms. The minimum atomic E-state index is -0.335. The van der Waals surface area contributed by atoms with Crippen LogP contribution in [-0.4, -0.2) is 0 Å². The number of nitrogens with zero attached hydrogens (tertiary/aromatic N) is 1. The molecule has 0 saturated carbocycles. The number of hydrogen-bond acceptors (Lipinski definition) is 3. The molecule has 0 bridgehead atoms. The van der Waals surface area contributed by atoms with Gasteiger partial charge < -0.3 is 13.7 Å². The number of hydrogen-bond donors (Lipinski definition) is 0. The van der Waals surface area contributed by atoms with Crippen LogP contribution in [0.25, 0.3) is 111 Å². The number of unbranched alkanes of at least 4 members (excludes halogenated alkanes) is 35. The summed E-state index contributed by atoms with van der Waals surface area (Å²) in [6.45, 7) is 19.1. The van der Waals surface area contributed by atoms with Gasteiger partial charge in [0, 0.05) is 71.3 Å². The number of furan rings is 2. The Morgan fingerprint density at radius 3 is 1.04 bits per heavy atom. The first-order chi connectivity index (χ1) is 65.2. The molecule has 1 unspecified atom stereocenters. The third kappa shape index (κ3) is 18.8. The lowest BCUT2D eigenvalue weighted by Crippen LogP contribution is -2.33. The molecule has 1 atom stereocenters. The molecule has 0 fully saturated rings. The van der Waals surface area contributed by atoms with Crippen LogP contribution in [0.3, 0.4) is 0 Å². The minimum Gasteiger partial charge on any atom is -0.456 e. The van der Waals surface area contributed by atoms with E-state index in [4.69, 9.17) is 8.83 Å². The van der Waals surface area contributed by atoms with Crippen molar-refractivity contribution in [2.45, 2.75) is 405 Å². The van der Waals surface area contributed by atoms with Crippen molar-refractivity contribution in [3.63, 3.8) is 0 Å². The number of benzene rings is 11. The summed E-state index contributed by atoms with van der Waals surface area (Å²) in [7, 11) is 0. The van der Waals surface area contributed by atoms with Crippen molar-refractivity contribution in [2.24, 2.45) is 0 Å². The van der Waals surface area contributed by atoms with Gasteiger partial charge in [-0.3, -0.25) is 0 Å². The standard InChI is InChI=1S/C129H161NO2/c1-9-17-25-33-40-57-83-126(84-58-41-34-26-18-10-2)109-81-82-116-118(104-70-51-54-75-114(104)131-116)117(109)107-94-112-106(93-113(107)126)101-79-77-97(91-110(101)127(112,85-59-42-35-27-19-11-3)86-60-43-36-28-20-12-4)130(124-99(95-65-46-44-47-66-95)72-64-73-100(124)96-67-48-45-49-68-96)98-78-80-103-111(92-98)129(89-56-32-24-16-8,90-63-39-31-23-15-7)123-121(103)125-120(105-71-52-55-76-115(105)132-125)119-102-69-50-53-74-108(102)128(122(119)123,87-61-37-29-21-13-5)88-62-38-30-22-14-6/h44-55,64-82,91-94H,9-43,56-63,83-90H2,1-8H3. The smallest absolute Gasteiger partial charge is 0.144 e. The molecule has 2 aromatic heterocycles. The molecule has 11 aromatic carbocycles. The third-order valence-corrected chi connectivity index (χ3v) is 33.0. The second-order valence-corrected chi connectivity index (χ2v) is 41.7. The van der Waals surface area contributed by atoms with Gasteiger partial charge in [-0.05, 0) is 201 Å². The SMILES string of the molecule is CCCCCCCCC1(CCCCCCCC)c2cc(N(c3ccc4c(c3)C(CCCCCC)(CCCCCCC)c3c5c(c6c(oc7ccccc76)c3-4)-c3ccccc3C5(CCCCCCC)CCCCCCC)c3c(-c4ccccc4)cccc3-c3ccccc3)ccc2-c2cc3c(cc21)-c1c(ccc2oc4ccccc4c12)C3(CCCCCCCC)CCCCCCCC. The molecular formula is C129H161NO2. The molecular weight excluding hydrogens is 1600 g/mol. The number of para-hydroxylation sites is 3. The molecule has 0 aliphatic heterocycles. The van der Waals surface area contributed by atoms with E-state index in [1.807, 2.05) is 0 Å². The van der Waals surface area contributed by atoms with Gasteiger partial charge in [0.1, 0.15) is 22.3 Å². The zero-order valence-corrected chi connectivity index (χ0v) is 83.0. The van der Waals surface area contributed by atoms with Crippen molar-refractivity contribution in [2.75, 3.05) is 4.90 Å². The van der Waals surface area contributed by atoms with Crippen molar-refractivity contribution in [1.29, 1.82) is 0 Å². The van der Waals surface area contributed by atoms with E-state index in [0.29, 0.717) is 0 Å². The molecule has 3 heteroatoms. The highest BCUT2D eigenvalue weighted by Crippen LogP contribution is 2.70. The van der Waals surface area contributed by atoms with E-state index in [-0.39, 0.29) is 21.7 Å². The molecule has 0 N–H and O–H groups in total. The Morgan fingerprint density at radius 2 is 0.553 bits per heavy atom. The molecule has 3 nitrogen and oxygen atoms in total. The quantitative estimate of drug-likeness (QED) is 0.0356. The summed E-state index contributed by atoms with van der Waals surface area (Å²) >= 11 is 0. The molecule has 694 valence electrons.